The van der Waals surface area contributed by atoms with Gasteiger partial charge in [-0.25, -0.2) is 0 Å². The van der Waals surface area contributed by atoms with Crippen LogP contribution in [-0.2, 0) is 4.79 Å². The van der Waals surface area contributed by atoms with Crippen molar-refractivity contribution in [3.63, 3.8) is 0 Å². The highest BCUT2D eigenvalue weighted by atomic mass is 16.4. The first-order chi connectivity index (χ1) is 8.08. The molecule has 4 aliphatic rings. The van der Waals surface area contributed by atoms with Crippen LogP contribution >= 0.6 is 0 Å². The van der Waals surface area contributed by atoms with Gasteiger partial charge in [0.05, 0.1) is 5.41 Å². The molecule has 0 aromatic carbocycles. The Morgan fingerprint density at radius 3 is 2.06 bits per heavy atom. The summed E-state index contributed by atoms with van der Waals surface area (Å²) >= 11 is 0. The van der Waals surface area contributed by atoms with Crippen molar-refractivity contribution in [3.8, 4) is 0 Å². The van der Waals surface area contributed by atoms with Crippen LogP contribution in [0.25, 0.3) is 0 Å². The number of rotatable bonds is 3. The molecular weight excluding hydrogens is 212 g/mol. The van der Waals surface area contributed by atoms with Gasteiger partial charge in [0, 0.05) is 0 Å². The van der Waals surface area contributed by atoms with E-state index < -0.39 is 5.97 Å². The predicted octanol–water partition coefficient (Wildman–Crippen LogP) is 3.70. The molecule has 0 spiro atoms. The summed E-state index contributed by atoms with van der Waals surface area (Å²) in [5.41, 5.74) is -0.266. The average molecular weight is 236 g/mol. The van der Waals surface area contributed by atoms with Crippen LogP contribution < -0.4 is 0 Å². The fourth-order valence-corrected chi connectivity index (χ4v) is 6.11. The molecule has 2 heteroatoms. The van der Waals surface area contributed by atoms with E-state index in [1.165, 1.54) is 19.3 Å². The second-order valence-corrected chi connectivity index (χ2v) is 6.79. The van der Waals surface area contributed by atoms with E-state index >= 15 is 0 Å². The number of carbonyl (C=O) groups is 1. The maximum absolute atomic E-state index is 12.0. The minimum Gasteiger partial charge on any atom is -0.481 e. The van der Waals surface area contributed by atoms with Gasteiger partial charge in [0.2, 0.25) is 0 Å². The molecule has 4 fully saturated rings. The van der Waals surface area contributed by atoms with Crippen molar-refractivity contribution in [1.29, 1.82) is 0 Å². The normalized spacial score (nSPS) is 46.1. The van der Waals surface area contributed by atoms with Crippen LogP contribution in [0.3, 0.4) is 0 Å². The summed E-state index contributed by atoms with van der Waals surface area (Å²) in [4.78, 5) is 12.0. The Morgan fingerprint density at radius 2 is 1.65 bits per heavy atom. The van der Waals surface area contributed by atoms with E-state index in [1.54, 1.807) is 0 Å². The third-order valence-corrected chi connectivity index (χ3v) is 6.58. The molecule has 0 aliphatic heterocycles. The molecule has 2 nitrogen and oxygen atoms in total. The molecule has 96 valence electrons. The van der Waals surface area contributed by atoms with Crippen LogP contribution in [0.2, 0.25) is 0 Å². The van der Waals surface area contributed by atoms with Crippen molar-refractivity contribution in [2.45, 2.75) is 58.8 Å². The van der Waals surface area contributed by atoms with Gasteiger partial charge in [-0.3, -0.25) is 4.79 Å². The number of hydrogen-bond acceptors (Lipinski definition) is 1. The SMILES string of the molecule is CCC1(CC)C2CC3CC(C2)CC1(C(=O)O)C3. The first kappa shape index (κ1) is 11.6. The van der Waals surface area contributed by atoms with Gasteiger partial charge in [0.1, 0.15) is 0 Å². The second-order valence-electron chi connectivity index (χ2n) is 6.79. The maximum Gasteiger partial charge on any atom is 0.310 e. The molecule has 4 rings (SSSR count). The number of aliphatic carboxylic acids is 1. The molecule has 0 amide bonds. The monoisotopic (exact) mass is 236 g/mol. The molecule has 0 saturated heterocycles. The van der Waals surface area contributed by atoms with Gasteiger partial charge in [-0.05, 0) is 68.1 Å². The van der Waals surface area contributed by atoms with Crippen LogP contribution in [0.1, 0.15) is 58.8 Å². The van der Waals surface area contributed by atoms with Crippen LogP contribution in [0.4, 0.5) is 0 Å². The quantitative estimate of drug-likeness (QED) is 0.811. The summed E-state index contributed by atoms with van der Waals surface area (Å²) in [6, 6.07) is 0. The Balaban J connectivity index is 2.10. The molecule has 4 saturated carbocycles. The van der Waals surface area contributed by atoms with Crippen molar-refractivity contribution in [3.05, 3.63) is 0 Å². The lowest BCUT2D eigenvalue weighted by molar-refractivity contribution is -0.207. The zero-order chi connectivity index (χ0) is 12.3. The van der Waals surface area contributed by atoms with Crippen LogP contribution in [-0.4, -0.2) is 11.1 Å². The fourth-order valence-electron chi connectivity index (χ4n) is 6.11. The summed E-state index contributed by atoms with van der Waals surface area (Å²) in [6.45, 7) is 4.44. The van der Waals surface area contributed by atoms with Crippen LogP contribution in [0, 0.1) is 28.6 Å². The molecule has 2 atom stereocenters. The van der Waals surface area contributed by atoms with Crippen molar-refractivity contribution < 1.29 is 9.90 Å². The van der Waals surface area contributed by atoms with Gasteiger partial charge in [-0.1, -0.05) is 13.8 Å². The van der Waals surface area contributed by atoms with Gasteiger partial charge in [-0.15, -0.1) is 0 Å². The first-order valence-electron chi connectivity index (χ1n) is 7.31. The summed E-state index contributed by atoms with van der Waals surface area (Å²) in [5.74, 6) is 1.64. The van der Waals surface area contributed by atoms with Gasteiger partial charge in [-0.2, -0.15) is 0 Å². The lowest BCUT2D eigenvalue weighted by atomic mass is 9.37. The third kappa shape index (κ3) is 1.19. The van der Waals surface area contributed by atoms with E-state index in [1.807, 2.05) is 0 Å². The zero-order valence-corrected chi connectivity index (χ0v) is 11.0. The fraction of sp³-hybridized carbons (Fsp3) is 0.933. The van der Waals surface area contributed by atoms with E-state index in [2.05, 4.69) is 13.8 Å². The number of carboxylic acid groups (broad SMARTS) is 1. The third-order valence-electron chi connectivity index (χ3n) is 6.58. The molecule has 17 heavy (non-hydrogen) atoms. The molecule has 0 aromatic heterocycles. The highest BCUT2D eigenvalue weighted by Gasteiger charge is 2.67. The first-order valence-corrected chi connectivity index (χ1v) is 7.31. The van der Waals surface area contributed by atoms with Gasteiger partial charge < -0.3 is 5.11 Å². The van der Waals surface area contributed by atoms with Crippen LogP contribution in [0.15, 0.2) is 0 Å². The lowest BCUT2D eigenvalue weighted by Gasteiger charge is -2.66. The molecule has 0 radical (unpaired) electrons. The molecule has 2 unspecified atom stereocenters. The largest absolute Gasteiger partial charge is 0.481 e. The smallest absolute Gasteiger partial charge is 0.310 e. The van der Waals surface area contributed by atoms with Gasteiger partial charge in [0.25, 0.3) is 0 Å². The number of carboxylic acids is 1. The Bertz CT molecular complexity index is 329. The second kappa shape index (κ2) is 3.49. The van der Waals surface area contributed by atoms with Crippen LogP contribution in [0.5, 0.6) is 0 Å². The summed E-state index contributed by atoms with van der Waals surface area (Å²) in [6.07, 6.45) is 7.99. The zero-order valence-electron chi connectivity index (χ0n) is 11.0. The van der Waals surface area contributed by atoms with E-state index in [0.29, 0.717) is 5.92 Å². The lowest BCUT2D eigenvalue weighted by Crippen LogP contribution is -2.62. The van der Waals surface area contributed by atoms with E-state index in [9.17, 15) is 9.90 Å². The summed E-state index contributed by atoms with van der Waals surface area (Å²) < 4.78 is 0. The highest BCUT2D eigenvalue weighted by Crippen LogP contribution is 2.70. The Morgan fingerprint density at radius 1 is 1.12 bits per heavy atom. The van der Waals surface area contributed by atoms with E-state index in [0.717, 1.165) is 37.5 Å². The topological polar surface area (TPSA) is 37.3 Å². The summed E-state index contributed by atoms with van der Waals surface area (Å²) in [7, 11) is 0. The Kier molecular flexibility index (Phi) is 2.37. The van der Waals surface area contributed by atoms with Crippen molar-refractivity contribution in [1.82, 2.24) is 0 Å². The van der Waals surface area contributed by atoms with Crippen molar-refractivity contribution in [2.24, 2.45) is 28.6 Å². The minimum atomic E-state index is -0.486. The van der Waals surface area contributed by atoms with Gasteiger partial charge in [0.15, 0.2) is 0 Å². The highest BCUT2D eigenvalue weighted by molar-refractivity contribution is 5.76. The standard InChI is InChI=1S/C15H24O2/c1-3-14(4-2)12-6-10-5-11(7-12)9-15(14,8-10)13(16)17/h10-12H,3-9H2,1-2H3,(H,16,17). The van der Waals surface area contributed by atoms with E-state index in [-0.39, 0.29) is 10.8 Å². The maximum atomic E-state index is 12.0. The Hall–Kier alpha value is -0.530. The van der Waals surface area contributed by atoms with Crippen molar-refractivity contribution in [2.75, 3.05) is 0 Å². The average Bonchev–Trinajstić information content (AvgIpc) is 2.29. The molecule has 0 heterocycles. The predicted molar refractivity (Wildman–Crippen MR) is 66.6 cm³/mol. The van der Waals surface area contributed by atoms with Crippen molar-refractivity contribution >= 4 is 5.97 Å². The molecule has 4 bridgehead atoms. The Labute approximate surface area is 104 Å². The molecule has 4 aliphatic carbocycles. The molecule has 0 aromatic rings. The molecular formula is C15H24O2. The number of hydrogen-bond donors (Lipinski definition) is 1. The minimum absolute atomic E-state index is 0.103. The van der Waals surface area contributed by atoms with E-state index in [4.69, 9.17) is 0 Å². The molecule has 1 N–H and O–H groups in total. The summed E-state index contributed by atoms with van der Waals surface area (Å²) in [5, 5.41) is 9.88. The van der Waals surface area contributed by atoms with Gasteiger partial charge >= 0.3 is 5.97 Å².